The third kappa shape index (κ3) is 4.38. The van der Waals surface area contributed by atoms with Crippen LogP contribution in [-0.4, -0.2) is 29.9 Å². The first-order chi connectivity index (χ1) is 16.1. The minimum Gasteiger partial charge on any atom is -0.260 e. The number of benzene rings is 3. The molecular formula is C26H26N2O4S2. The summed E-state index contributed by atoms with van der Waals surface area (Å²) < 4.78 is 57.4. The highest BCUT2D eigenvalue weighted by molar-refractivity contribution is 7.93. The fraction of sp³-hybridized carbons (Fsp3) is 0.154. The summed E-state index contributed by atoms with van der Waals surface area (Å²) in [5, 5.41) is 0. The Labute approximate surface area is 201 Å². The standard InChI is InChI=1S/C26H26N2O4S2/c1-4-22-17-18-27(33(29,30)23-13-9-20(2)10-14-23)25-7-5-6-8-26(25)28(19-22)34(31,32)24-15-11-21(3)12-16-24/h4-17H,1,18-19H2,2-3H3/b22-17-. The second kappa shape index (κ2) is 9.12. The molecule has 1 heterocycles. The molecule has 0 atom stereocenters. The van der Waals surface area contributed by atoms with Gasteiger partial charge in [-0.25, -0.2) is 16.8 Å². The van der Waals surface area contributed by atoms with Gasteiger partial charge in [-0.2, -0.15) is 0 Å². The summed E-state index contributed by atoms with van der Waals surface area (Å²) >= 11 is 0. The van der Waals surface area contributed by atoms with Crippen molar-refractivity contribution in [3.63, 3.8) is 0 Å². The maximum absolute atomic E-state index is 13.7. The van der Waals surface area contributed by atoms with E-state index in [1.165, 1.54) is 8.61 Å². The molecule has 0 N–H and O–H groups in total. The maximum atomic E-state index is 13.7. The first-order valence-electron chi connectivity index (χ1n) is 10.7. The van der Waals surface area contributed by atoms with Gasteiger partial charge in [0, 0.05) is 0 Å². The number of sulfonamides is 2. The Kier molecular flexibility index (Phi) is 6.38. The fourth-order valence-corrected chi connectivity index (χ4v) is 6.65. The van der Waals surface area contributed by atoms with E-state index in [9.17, 15) is 16.8 Å². The zero-order valence-corrected chi connectivity index (χ0v) is 20.7. The average molecular weight is 495 g/mol. The molecule has 0 spiro atoms. The molecule has 0 fully saturated rings. The zero-order valence-electron chi connectivity index (χ0n) is 19.0. The lowest BCUT2D eigenvalue weighted by molar-refractivity contribution is 0.588. The molecule has 3 aromatic rings. The van der Waals surface area contributed by atoms with Crippen LogP contribution in [0.3, 0.4) is 0 Å². The number of para-hydroxylation sites is 2. The van der Waals surface area contributed by atoms with E-state index in [-0.39, 0.29) is 34.3 Å². The Balaban J connectivity index is 1.92. The molecule has 34 heavy (non-hydrogen) atoms. The van der Waals surface area contributed by atoms with Gasteiger partial charge in [0.25, 0.3) is 20.0 Å². The molecule has 0 unspecified atom stereocenters. The number of hydrogen-bond donors (Lipinski definition) is 0. The Morgan fingerprint density at radius 1 is 0.706 bits per heavy atom. The molecule has 0 saturated carbocycles. The summed E-state index contributed by atoms with van der Waals surface area (Å²) in [6.45, 7) is 7.66. The predicted molar refractivity (Wildman–Crippen MR) is 136 cm³/mol. The highest BCUT2D eigenvalue weighted by Crippen LogP contribution is 2.38. The van der Waals surface area contributed by atoms with Crippen LogP contribution < -0.4 is 8.61 Å². The van der Waals surface area contributed by atoms with Crippen molar-refractivity contribution >= 4 is 31.4 Å². The fourth-order valence-electron chi connectivity index (χ4n) is 3.76. The number of anilines is 2. The first-order valence-corrected chi connectivity index (χ1v) is 13.6. The molecule has 1 aliphatic rings. The van der Waals surface area contributed by atoms with Gasteiger partial charge in [-0.15, -0.1) is 0 Å². The van der Waals surface area contributed by atoms with Crippen molar-refractivity contribution in [2.45, 2.75) is 23.6 Å². The largest absolute Gasteiger partial charge is 0.264 e. The van der Waals surface area contributed by atoms with E-state index in [0.717, 1.165) is 11.1 Å². The Bertz CT molecular complexity index is 1460. The third-order valence-corrected chi connectivity index (χ3v) is 9.31. The summed E-state index contributed by atoms with van der Waals surface area (Å²) in [4.78, 5) is 0.264. The van der Waals surface area contributed by atoms with Crippen molar-refractivity contribution in [2.75, 3.05) is 21.7 Å². The van der Waals surface area contributed by atoms with Crippen LogP contribution in [0, 0.1) is 13.8 Å². The third-order valence-electron chi connectivity index (χ3n) is 5.74. The van der Waals surface area contributed by atoms with Crippen LogP contribution in [0.1, 0.15) is 11.1 Å². The van der Waals surface area contributed by atoms with E-state index in [1.54, 1.807) is 84.9 Å². The van der Waals surface area contributed by atoms with E-state index in [0.29, 0.717) is 5.57 Å². The van der Waals surface area contributed by atoms with Crippen molar-refractivity contribution in [1.29, 1.82) is 0 Å². The van der Waals surface area contributed by atoms with Crippen LogP contribution in [-0.2, 0) is 20.0 Å². The lowest BCUT2D eigenvalue weighted by atomic mass is 10.2. The monoisotopic (exact) mass is 494 g/mol. The van der Waals surface area contributed by atoms with Crippen LogP contribution in [0.15, 0.2) is 107 Å². The van der Waals surface area contributed by atoms with Gasteiger partial charge in [-0.05, 0) is 55.8 Å². The highest BCUT2D eigenvalue weighted by atomic mass is 32.2. The Morgan fingerprint density at radius 2 is 1.15 bits per heavy atom. The molecule has 8 heteroatoms. The smallest absolute Gasteiger partial charge is 0.260 e. The topological polar surface area (TPSA) is 74.8 Å². The maximum Gasteiger partial charge on any atom is 0.264 e. The van der Waals surface area contributed by atoms with Crippen LogP contribution in [0.25, 0.3) is 0 Å². The lowest BCUT2D eigenvalue weighted by Gasteiger charge is -2.33. The normalized spacial score (nSPS) is 16.1. The van der Waals surface area contributed by atoms with E-state index >= 15 is 0 Å². The number of rotatable bonds is 5. The molecule has 4 rings (SSSR count). The number of fused-ring (bicyclic) bond motifs is 1. The van der Waals surface area contributed by atoms with Gasteiger partial charge in [0.05, 0.1) is 34.3 Å². The van der Waals surface area contributed by atoms with Crippen molar-refractivity contribution in [1.82, 2.24) is 0 Å². The highest BCUT2D eigenvalue weighted by Gasteiger charge is 2.33. The average Bonchev–Trinajstić information content (AvgIpc) is 2.80. The summed E-state index contributed by atoms with van der Waals surface area (Å²) in [5.41, 5.74) is 3.06. The Hall–Kier alpha value is -3.36. The van der Waals surface area contributed by atoms with Gasteiger partial charge >= 0.3 is 0 Å². The molecule has 6 nitrogen and oxygen atoms in total. The minimum atomic E-state index is -3.99. The van der Waals surface area contributed by atoms with Gasteiger partial charge in [0.15, 0.2) is 0 Å². The SMILES string of the molecule is C=C/C1=C/CN(S(=O)(=O)c2ccc(C)cc2)c2ccccc2N(S(=O)(=O)c2ccc(C)cc2)C1. The van der Waals surface area contributed by atoms with Crippen molar-refractivity contribution < 1.29 is 16.8 Å². The number of nitrogens with zero attached hydrogens (tertiary/aromatic N) is 2. The van der Waals surface area contributed by atoms with Crippen LogP contribution >= 0.6 is 0 Å². The van der Waals surface area contributed by atoms with Gasteiger partial charge in [-0.1, -0.05) is 66.3 Å². The molecule has 176 valence electrons. The van der Waals surface area contributed by atoms with Gasteiger partial charge in [-0.3, -0.25) is 8.61 Å². The first kappa shape index (κ1) is 23.8. The molecule has 0 bridgehead atoms. The van der Waals surface area contributed by atoms with Gasteiger partial charge < -0.3 is 0 Å². The van der Waals surface area contributed by atoms with Gasteiger partial charge in [0.2, 0.25) is 0 Å². The minimum absolute atomic E-state index is 0.0368. The summed E-state index contributed by atoms with van der Waals surface area (Å²) in [7, 11) is -7.96. The van der Waals surface area contributed by atoms with Crippen molar-refractivity contribution in [3.8, 4) is 0 Å². The van der Waals surface area contributed by atoms with Gasteiger partial charge in [0.1, 0.15) is 0 Å². The summed E-state index contributed by atoms with van der Waals surface area (Å²) in [6, 6.07) is 19.9. The van der Waals surface area contributed by atoms with Crippen molar-refractivity contribution in [2.24, 2.45) is 0 Å². The lowest BCUT2D eigenvalue weighted by Crippen LogP contribution is -2.39. The predicted octanol–water partition coefficient (Wildman–Crippen LogP) is 4.82. The summed E-state index contributed by atoms with van der Waals surface area (Å²) in [6.07, 6.45) is 3.26. The van der Waals surface area contributed by atoms with Crippen molar-refractivity contribution in [3.05, 3.63) is 108 Å². The summed E-state index contributed by atoms with van der Waals surface area (Å²) in [5.74, 6) is 0. The molecule has 3 aromatic carbocycles. The molecule has 0 aliphatic carbocycles. The second-order valence-corrected chi connectivity index (χ2v) is 11.9. The Morgan fingerprint density at radius 3 is 1.62 bits per heavy atom. The molecule has 0 radical (unpaired) electrons. The quantitative estimate of drug-likeness (QED) is 0.510. The second-order valence-electron chi connectivity index (χ2n) is 8.15. The van der Waals surface area contributed by atoms with E-state index in [1.807, 2.05) is 13.8 Å². The number of hydrogen-bond acceptors (Lipinski definition) is 4. The van der Waals surface area contributed by atoms with E-state index < -0.39 is 20.0 Å². The zero-order chi connectivity index (χ0) is 24.5. The molecule has 1 aliphatic heterocycles. The molecule has 0 aromatic heterocycles. The molecular weight excluding hydrogens is 468 g/mol. The van der Waals surface area contributed by atoms with Crippen LogP contribution in [0.5, 0.6) is 0 Å². The molecule has 0 saturated heterocycles. The van der Waals surface area contributed by atoms with E-state index in [4.69, 9.17) is 0 Å². The molecule has 0 amide bonds. The van der Waals surface area contributed by atoms with E-state index in [2.05, 4.69) is 6.58 Å². The number of aryl methyl sites for hydroxylation is 2. The van der Waals surface area contributed by atoms with Crippen LogP contribution in [0.2, 0.25) is 0 Å². The van der Waals surface area contributed by atoms with Crippen LogP contribution in [0.4, 0.5) is 11.4 Å².